The fourth-order valence-electron chi connectivity index (χ4n) is 3.25. The molecule has 3 aromatic rings. The van der Waals surface area contributed by atoms with Crippen LogP contribution in [0.15, 0.2) is 58.8 Å². The average molecular weight is 414 g/mol. The van der Waals surface area contributed by atoms with Crippen molar-refractivity contribution in [1.29, 1.82) is 0 Å². The summed E-state index contributed by atoms with van der Waals surface area (Å²) in [6.45, 7) is 6.25. The second kappa shape index (κ2) is 7.66. The van der Waals surface area contributed by atoms with Crippen LogP contribution in [0.25, 0.3) is 11.3 Å². The molecule has 1 aliphatic heterocycles. The Balaban J connectivity index is 1.44. The summed E-state index contributed by atoms with van der Waals surface area (Å²) in [5.41, 5.74) is 4.35. The number of aryl methyl sites for hydroxylation is 2. The van der Waals surface area contributed by atoms with Crippen molar-refractivity contribution >= 4 is 26.5 Å². The molecule has 28 heavy (non-hydrogen) atoms. The number of aromatic nitrogens is 1. The SMILES string of the molecule is Cc1ccc(-c2csc(N3CCN(S(=O)(=O)c4ccc(C)cc4)CC3)n2)cc1. The molecule has 2 aromatic carbocycles. The lowest BCUT2D eigenvalue weighted by molar-refractivity contribution is 0.385. The summed E-state index contributed by atoms with van der Waals surface area (Å²) >= 11 is 1.61. The minimum Gasteiger partial charge on any atom is -0.345 e. The van der Waals surface area contributed by atoms with Crippen LogP contribution >= 0.6 is 11.3 Å². The van der Waals surface area contributed by atoms with E-state index in [1.165, 1.54) is 5.56 Å². The summed E-state index contributed by atoms with van der Waals surface area (Å²) in [5.74, 6) is 0. The van der Waals surface area contributed by atoms with Crippen molar-refractivity contribution < 1.29 is 8.42 Å². The number of rotatable bonds is 4. The molecule has 1 fully saturated rings. The maximum Gasteiger partial charge on any atom is 0.243 e. The van der Waals surface area contributed by atoms with Crippen molar-refractivity contribution in [1.82, 2.24) is 9.29 Å². The second-order valence-corrected chi connectivity index (χ2v) is 9.86. The van der Waals surface area contributed by atoms with Gasteiger partial charge in [0.1, 0.15) is 0 Å². The van der Waals surface area contributed by atoms with Crippen molar-refractivity contribution in [3.05, 3.63) is 65.0 Å². The predicted octanol–water partition coefficient (Wildman–Crippen LogP) is 3.94. The van der Waals surface area contributed by atoms with E-state index in [0.717, 1.165) is 22.0 Å². The fourth-order valence-corrected chi connectivity index (χ4v) is 5.56. The highest BCUT2D eigenvalue weighted by atomic mass is 32.2. The molecule has 4 rings (SSSR count). The molecule has 0 bridgehead atoms. The number of anilines is 1. The Bertz CT molecular complexity index is 1050. The molecule has 5 nitrogen and oxygen atoms in total. The molecule has 2 heterocycles. The van der Waals surface area contributed by atoms with Crippen LogP contribution in [0.1, 0.15) is 11.1 Å². The number of benzene rings is 2. The number of hydrogen-bond acceptors (Lipinski definition) is 5. The van der Waals surface area contributed by atoms with Crippen LogP contribution in [-0.4, -0.2) is 43.9 Å². The molecule has 0 spiro atoms. The molecule has 0 unspecified atom stereocenters. The van der Waals surface area contributed by atoms with E-state index in [2.05, 4.69) is 41.5 Å². The highest BCUT2D eigenvalue weighted by Gasteiger charge is 2.29. The van der Waals surface area contributed by atoms with E-state index in [1.54, 1.807) is 27.8 Å². The summed E-state index contributed by atoms with van der Waals surface area (Å²) in [5, 5.41) is 3.01. The average Bonchev–Trinajstić information content (AvgIpc) is 3.19. The Labute approximate surface area is 170 Å². The van der Waals surface area contributed by atoms with Crippen LogP contribution in [0.5, 0.6) is 0 Å². The van der Waals surface area contributed by atoms with E-state index < -0.39 is 10.0 Å². The zero-order valence-corrected chi connectivity index (χ0v) is 17.6. The standard InChI is InChI=1S/C21H23N3O2S2/c1-16-3-7-18(8-4-16)20-15-27-21(22-20)23-11-13-24(14-12-23)28(25,26)19-9-5-17(2)6-10-19/h3-10,15H,11-14H2,1-2H3. The zero-order chi connectivity index (χ0) is 19.7. The van der Waals surface area contributed by atoms with Crippen LogP contribution in [0, 0.1) is 13.8 Å². The maximum atomic E-state index is 12.9. The van der Waals surface area contributed by atoms with E-state index in [1.807, 2.05) is 19.1 Å². The van der Waals surface area contributed by atoms with Gasteiger partial charge in [-0.1, -0.05) is 47.5 Å². The Morgan fingerprint density at radius 2 is 1.43 bits per heavy atom. The number of hydrogen-bond donors (Lipinski definition) is 0. The first-order valence-corrected chi connectivity index (χ1v) is 11.6. The van der Waals surface area contributed by atoms with Crippen LogP contribution in [0.2, 0.25) is 0 Å². The molecule has 0 radical (unpaired) electrons. The Kier molecular flexibility index (Phi) is 5.23. The molecule has 0 saturated carbocycles. The van der Waals surface area contributed by atoms with Crippen LogP contribution in [-0.2, 0) is 10.0 Å². The predicted molar refractivity (Wildman–Crippen MR) is 114 cm³/mol. The van der Waals surface area contributed by atoms with E-state index in [4.69, 9.17) is 4.98 Å². The first-order chi connectivity index (χ1) is 13.4. The molecule has 7 heteroatoms. The monoisotopic (exact) mass is 413 g/mol. The third kappa shape index (κ3) is 3.83. The largest absolute Gasteiger partial charge is 0.345 e. The third-order valence-electron chi connectivity index (χ3n) is 5.01. The van der Waals surface area contributed by atoms with Crippen molar-refractivity contribution in [2.75, 3.05) is 31.1 Å². The highest BCUT2D eigenvalue weighted by Crippen LogP contribution is 2.29. The minimum atomic E-state index is -3.44. The number of sulfonamides is 1. The number of piperazine rings is 1. The number of nitrogens with zero attached hydrogens (tertiary/aromatic N) is 3. The lowest BCUT2D eigenvalue weighted by atomic mass is 10.1. The van der Waals surface area contributed by atoms with Crippen LogP contribution in [0.3, 0.4) is 0 Å². The van der Waals surface area contributed by atoms with Crippen molar-refractivity contribution in [3.63, 3.8) is 0 Å². The molecule has 1 aromatic heterocycles. The summed E-state index contributed by atoms with van der Waals surface area (Å²) in [4.78, 5) is 7.30. The molecule has 0 N–H and O–H groups in total. The van der Waals surface area contributed by atoms with Crippen LogP contribution < -0.4 is 4.90 Å². The first-order valence-electron chi connectivity index (χ1n) is 9.28. The normalized spacial score (nSPS) is 15.7. The van der Waals surface area contributed by atoms with Gasteiger partial charge in [0.05, 0.1) is 10.6 Å². The molecule has 0 aliphatic carbocycles. The van der Waals surface area contributed by atoms with Crippen molar-refractivity contribution in [3.8, 4) is 11.3 Å². The Hall–Kier alpha value is -2.22. The van der Waals surface area contributed by atoms with Gasteiger partial charge < -0.3 is 4.90 Å². The molecule has 0 amide bonds. The molecule has 0 atom stereocenters. The van der Waals surface area contributed by atoms with Gasteiger partial charge in [-0.2, -0.15) is 4.31 Å². The lowest BCUT2D eigenvalue weighted by Crippen LogP contribution is -2.48. The van der Waals surface area contributed by atoms with Crippen LogP contribution in [0.4, 0.5) is 5.13 Å². The van der Waals surface area contributed by atoms with Gasteiger partial charge >= 0.3 is 0 Å². The summed E-state index contributed by atoms with van der Waals surface area (Å²) in [6.07, 6.45) is 0. The van der Waals surface area contributed by atoms with E-state index >= 15 is 0 Å². The molecular formula is C21H23N3O2S2. The van der Waals surface area contributed by atoms with Gasteiger partial charge in [-0.05, 0) is 26.0 Å². The minimum absolute atomic E-state index is 0.363. The molecule has 146 valence electrons. The quantitative estimate of drug-likeness (QED) is 0.650. The van der Waals surface area contributed by atoms with Gasteiger partial charge in [-0.15, -0.1) is 11.3 Å². The van der Waals surface area contributed by atoms with Gasteiger partial charge in [-0.3, -0.25) is 0 Å². The highest BCUT2D eigenvalue weighted by molar-refractivity contribution is 7.89. The van der Waals surface area contributed by atoms with Gasteiger partial charge in [0, 0.05) is 37.1 Å². The smallest absolute Gasteiger partial charge is 0.243 e. The van der Waals surface area contributed by atoms with Gasteiger partial charge in [0.25, 0.3) is 0 Å². The van der Waals surface area contributed by atoms with Crippen molar-refractivity contribution in [2.45, 2.75) is 18.7 Å². The van der Waals surface area contributed by atoms with E-state index in [0.29, 0.717) is 31.1 Å². The van der Waals surface area contributed by atoms with E-state index in [-0.39, 0.29) is 0 Å². The van der Waals surface area contributed by atoms with E-state index in [9.17, 15) is 8.42 Å². The summed E-state index contributed by atoms with van der Waals surface area (Å²) in [7, 11) is -3.44. The Morgan fingerprint density at radius 3 is 2.04 bits per heavy atom. The summed E-state index contributed by atoms with van der Waals surface area (Å²) < 4.78 is 27.3. The first kappa shape index (κ1) is 19.1. The topological polar surface area (TPSA) is 53.5 Å². The maximum absolute atomic E-state index is 12.9. The van der Waals surface area contributed by atoms with Gasteiger partial charge in [-0.25, -0.2) is 13.4 Å². The molecule has 1 saturated heterocycles. The summed E-state index contributed by atoms with van der Waals surface area (Å²) in [6, 6.07) is 15.4. The molecular weight excluding hydrogens is 390 g/mol. The third-order valence-corrected chi connectivity index (χ3v) is 7.82. The number of thiazole rings is 1. The van der Waals surface area contributed by atoms with Gasteiger partial charge in [0.15, 0.2) is 5.13 Å². The lowest BCUT2D eigenvalue weighted by Gasteiger charge is -2.33. The zero-order valence-electron chi connectivity index (χ0n) is 16.0. The van der Waals surface area contributed by atoms with Gasteiger partial charge in [0.2, 0.25) is 10.0 Å². The van der Waals surface area contributed by atoms with Crippen molar-refractivity contribution in [2.24, 2.45) is 0 Å². The second-order valence-electron chi connectivity index (χ2n) is 7.09. The fraction of sp³-hybridized carbons (Fsp3) is 0.286. The molecule has 1 aliphatic rings. The Morgan fingerprint density at radius 1 is 0.857 bits per heavy atom.